The van der Waals surface area contributed by atoms with Gasteiger partial charge in [-0.1, -0.05) is 18.6 Å². The first-order valence-electron chi connectivity index (χ1n) is 11.2. The fraction of sp³-hybridized carbons (Fsp3) is 0.750. The molecule has 4 heteroatoms. The summed E-state index contributed by atoms with van der Waals surface area (Å²) in [5.74, 6) is 0.996. The van der Waals surface area contributed by atoms with Gasteiger partial charge in [0.05, 0.1) is 6.61 Å². The van der Waals surface area contributed by atoms with Crippen molar-refractivity contribution in [3.8, 4) is 5.75 Å². The Kier molecular flexibility index (Phi) is 7.78. The van der Waals surface area contributed by atoms with Gasteiger partial charge < -0.3 is 14.4 Å². The number of hydrogen-bond donors (Lipinski definition) is 0. The molecule has 3 rings (SSSR count). The van der Waals surface area contributed by atoms with Gasteiger partial charge in [0.25, 0.3) is 0 Å². The van der Waals surface area contributed by atoms with E-state index in [1.54, 1.807) is 0 Å². The van der Waals surface area contributed by atoms with Crippen molar-refractivity contribution in [1.29, 1.82) is 0 Å². The Bertz CT molecular complexity index is 571. The molecule has 28 heavy (non-hydrogen) atoms. The molecule has 0 amide bonds. The highest BCUT2D eigenvalue weighted by molar-refractivity contribution is 5.33. The third kappa shape index (κ3) is 5.49. The molecule has 2 saturated heterocycles. The van der Waals surface area contributed by atoms with Crippen LogP contribution in [0.2, 0.25) is 0 Å². The maximum atomic E-state index is 6.06. The van der Waals surface area contributed by atoms with E-state index in [4.69, 9.17) is 9.47 Å². The average Bonchev–Trinajstić information content (AvgIpc) is 2.68. The lowest BCUT2D eigenvalue weighted by molar-refractivity contribution is 0.0401. The topological polar surface area (TPSA) is 24.9 Å². The van der Waals surface area contributed by atoms with Crippen molar-refractivity contribution in [2.75, 3.05) is 47.0 Å². The molecule has 0 aliphatic carbocycles. The maximum absolute atomic E-state index is 6.06. The van der Waals surface area contributed by atoms with Gasteiger partial charge in [-0.2, -0.15) is 0 Å². The van der Waals surface area contributed by atoms with Crippen LogP contribution in [-0.4, -0.2) is 68.9 Å². The molecule has 0 spiro atoms. The van der Waals surface area contributed by atoms with Gasteiger partial charge in [0.2, 0.25) is 0 Å². The standard InChI is InChI=1S/C24H40N2O2/c1-20-7-5-8-21(2)26(20)15-6-16-28-23-11-9-22(10-12-23)24(19-25(3)4)13-17-27-18-14-24/h9-12,20-21H,5-8,13-19H2,1-4H3/t20-,21+. The van der Waals surface area contributed by atoms with E-state index in [9.17, 15) is 0 Å². The van der Waals surface area contributed by atoms with Crippen LogP contribution in [0.3, 0.4) is 0 Å². The van der Waals surface area contributed by atoms with Crippen molar-refractivity contribution in [1.82, 2.24) is 9.80 Å². The summed E-state index contributed by atoms with van der Waals surface area (Å²) in [6.07, 6.45) is 7.34. The lowest BCUT2D eigenvalue weighted by atomic mass is 9.74. The molecular weight excluding hydrogens is 348 g/mol. The Morgan fingerprint density at radius 2 is 1.71 bits per heavy atom. The lowest BCUT2D eigenvalue weighted by Crippen LogP contribution is -2.44. The predicted molar refractivity (Wildman–Crippen MR) is 116 cm³/mol. The molecule has 2 aliphatic heterocycles. The van der Waals surface area contributed by atoms with E-state index < -0.39 is 0 Å². The summed E-state index contributed by atoms with van der Waals surface area (Å²) < 4.78 is 11.7. The average molecular weight is 389 g/mol. The molecule has 2 aliphatic rings. The van der Waals surface area contributed by atoms with Crippen molar-refractivity contribution in [2.24, 2.45) is 0 Å². The fourth-order valence-corrected chi connectivity index (χ4v) is 5.16. The summed E-state index contributed by atoms with van der Waals surface area (Å²) in [5.41, 5.74) is 1.63. The summed E-state index contributed by atoms with van der Waals surface area (Å²) in [5, 5.41) is 0. The van der Waals surface area contributed by atoms with Gasteiger partial charge in [-0.05, 0) is 77.7 Å². The van der Waals surface area contributed by atoms with E-state index >= 15 is 0 Å². The molecular formula is C24H40N2O2. The second kappa shape index (κ2) is 10.1. The van der Waals surface area contributed by atoms with Crippen molar-refractivity contribution >= 4 is 0 Å². The van der Waals surface area contributed by atoms with Gasteiger partial charge in [-0.15, -0.1) is 0 Å². The maximum Gasteiger partial charge on any atom is 0.119 e. The van der Waals surface area contributed by atoms with Crippen LogP contribution in [0.1, 0.15) is 57.9 Å². The van der Waals surface area contributed by atoms with Crippen LogP contribution in [-0.2, 0) is 10.2 Å². The number of hydrogen-bond acceptors (Lipinski definition) is 4. The molecule has 0 N–H and O–H groups in total. The molecule has 2 fully saturated rings. The minimum Gasteiger partial charge on any atom is -0.494 e. The van der Waals surface area contributed by atoms with Crippen molar-refractivity contribution in [3.05, 3.63) is 29.8 Å². The largest absolute Gasteiger partial charge is 0.494 e. The van der Waals surface area contributed by atoms with Crippen molar-refractivity contribution < 1.29 is 9.47 Å². The number of ether oxygens (including phenoxy) is 2. The monoisotopic (exact) mass is 388 g/mol. The molecule has 2 atom stereocenters. The van der Waals surface area contributed by atoms with E-state index in [-0.39, 0.29) is 5.41 Å². The summed E-state index contributed by atoms with van der Waals surface area (Å²) >= 11 is 0. The molecule has 0 unspecified atom stereocenters. The smallest absolute Gasteiger partial charge is 0.119 e. The summed E-state index contributed by atoms with van der Waals surface area (Å²) in [6.45, 7) is 9.48. The van der Waals surface area contributed by atoms with E-state index in [2.05, 4.69) is 62.0 Å². The zero-order valence-electron chi connectivity index (χ0n) is 18.5. The van der Waals surface area contributed by atoms with E-state index in [0.717, 1.165) is 70.0 Å². The summed E-state index contributed by atoms with van der Waals surface area (Å²) in [7, 11) is 4.33. The predicted octanol–water partition coefficient (Wildman–Crippen LogP) is 4.33. The van der Waals surface area contributed by atoms with Crippen LogP contribution >= 0.6 is 0 Å². The molecule has 0 bridgehead atoms. The number of piperidine rings is 1. The minimum absolute atomic E-state index is 0.209. The molecule has 0 saturated carbocycles. The molecule has 2 heterocycles. The van der Waals surface area contributed by atoms with Gasteiger partial charge in [0.1, 0.15) is 5.75 Å². The van der Waals surface area contributed by atoms with Gasteiger partial charge in [0.15, 0.2) is 0 Å². The van der Waals surface area contributed by atoms with Crippen molar-refractivity contribution in [2.45, 2.75) is 69.9 Å². The molecule has 0 radical (unpaired) electrons. The Morgan fingerprint density at radius 1 is 1.07 bits per heavy atom. The molecule has 1 aromatic carbocycles. The number of likely N-dealkylation sites (tertiary alicyclic amines) is 1. The first kappa shape index (κ1) is 21.6. The first-order chi connectivity index (χ1) is 13.5. The van der Waals surface area contributed by atoms with E-state index in [0.29, 0.717) is 0 Å². The molecule has 0 aromatic heterocycles. The highest BCUT2D eigenvalue weighted by atomic mass is 16.5. The molecule has 4 nitrogen and oxygen atoms in total. The van der Waals surface area contributed by atoms with Gasteiger partial charge in [-0.25, -0.2) is 0 Å². The normalized spacial score (nSPS) is 25.8. The fourth-order valence-electron chi connectivity index (χ4n) is 5.16. The van der Waals surface area contributed by atoms with Crippen molar-refractivity contribution in [3.63, 3.8) is 0 Å². The SMILES string of the molecule is C[C@@H]1CCC[C@H](C)N1CCCOc1ccc(C2(CN(C)C)CCOCC2)cc1. The first-order valence-corrected chi connectivity index (χ1v) is 11.2. The zero-order chi connectivity index (χ0) is 20.0. The Balaban J connectivity index is 1.51. The zero-order valence-corrected chi connectivity index (χ0v) is 18.5. The number of benzene rings is 1. The second-order valence-corrected chi connectivity index (χ2v) is 9.22. The highest BCUT2D eigenvalue weighted by Crippen LogP contribution is 2.36. The van der Waals surface area contributed by atoms with Crippen LogP contribution < -0.4 is 4.74 Å². The Morgan fingerprint density at radius 3 is 2.32 bits per heavy atom. The van der Waals surface area contributed by atoms with Crippen LogP contribution in [0.15, 0.2) is 24.3 Å². The van der Waals surface area contributed by atoms with Crippen LogP contribution in [0.5, 0.6) is 5.75 Å². The van der Waals surface area contributed by atoms with Gasteiger partial charge in [0, 0.05) is 43.8 Å². The highest BCUT2D eigenvalue weighted by Gasteiger charge is 2.34. The third-order valence-corrected chi connectivity index (χ3v) is 6.74. The van der Waals surface area contributed by atoms with Crippen LogP contribution in [0.4, 0.5) is 0 Å². The number of rotatable bonds is 8. The van der Waals surface area contributed by atoms with E-state index in [1.807, 2.05) is 0 Å². The number of nitrogens with zero attached hydrogens (tertiary/aromatic N) is 2. The lowest BCUT2D eigenvalue weighted by Gasteiger charge is -2.40. The second-order valence-electron chi connectivity index (χ2n) is 9.22. The number of likely N-dealkylation sites (N-methyl/N-ethyl adjacent to an activating group) is 1. The van der Waals surface area contributed by atoms with Crippen LogP contribution in [0.25, 0.3) is 0 Å². The third-order valence-electron chi connectivity index (χ3n) is 6.74. The quantitative estimate of drug-likeness (QED) is 0.619. The Labute approximate surface area is 172 Å². The van der Waals surface area contributed by atoms with E-state index in [1.165, 1.54) is 24.8 Å². The molecule has 158 valence electrons. The van der Waals surface area contributed by atoms with Crippen LogP contribution in [0, 0.1) is 0 Å². The summed E-state index contributed by atoms with van der Waals surface area (Å²) in [6, 6.07) is 10.3. The minimum atomic E-state index is 0.209. The molecule has 1 aromatic rings. The summed E-state index contributed by atoms with van der Waals surface area (Å²) in [4.78, 5) is 4.96. The van der Waals surface area contributed by atoms with Gasteiger partial charge >= 0.3 is 0 Å². The van der Waals surface area contributed by atoms with Gasteiger partial charge in [-0.3, -0.25) is 4.90 Å². The Hall–Kier alpha value is -1.10.